The van der Waals surface area contributed by atoms with E-state index in [-0.39, 0.29) is 24.7 Å². The van der Waals surface area contributed by atoms with Gasteiger partial charge in [-0.2, -0.15) is 17.4 Å². The van der Waals surface area contributed by atoms with Crippen molar-refractivity contribution in [3.63, 3.8) is 0 Å². The van der Waals surface area contributed by atoms with Gasteiger partial charge in [-0.05, 0) is 38.0 Å². The van der Waals surface area contributed by atoms with E-state index >= 15 is 0 Å². The lowest BCUT2D eigenvalue weighted by atomic mass is 10.00. The molecule has 1 saturated carbocycles. The maximum Gasteiger partial charge on any atom is 0.279 e. The average molecular weight is 292 g/mol. The van der Waals surface area contributed by atoms with Gasteiger partial charge in [0.1, 0.15) is 0 Å². The van der Waals surface area contributed by atoms with Crippen molar-refractivity contribution >= 4 is 10.2 Å². The second-order valence-electron chi connectivity index (χ2n) is 5.52. The SMILES string of the molecule is COC1CCC(NS(=O)(=O)N2CCC(CO)CC2)C1. The molecule has 7 heteroatoms. The molecule has 2 atom stereocenters. The van der Waals surface area contributed by atoms with Gasteiger partial charge in [-0.15, -0.1) is 0 Å². The molecule has 2 aliphatic rings. The van der Waals surface area contributed by atoms with Crippen molar-refractivity contribution in [1.82, 2.24) is 9.03 Å². The van der Waals surface area contributed by atoms with Crippen molar-refractivity contribution in [2.45, 2.75) is 44.2 Å². The lowest BCUT2D eigenvalue weighted by Gasteiger charge is -2.31. The molecule has 2 rings (SSSR count). The zero-order valence-electron chi connectivity index (χ0n) is 11.4. The number of aliphatic hydroxyl groups excluding tert-OH is 1. The summed E-state index contributed by atoms with van der Waals surface area (Å²) in [5, 5.41) is 9.07. The number of rotatable bonds is 5. The summed E-state index contributed by atoms with van der Waals surface area (Å²) in [5.41, 5.74) is 0. The molecule has 112 valence electrons. The highest BCUT2D eigenvalue weighted by Gasteiger charge is 2.32. The van der Waals surface area contributed by atoms with Gasteiger partial charge in [0.15, 0.2) is 0 Å². The fraction of sp³-hybridized carbons (Fsp3) is 1.00. The van der Waals surface area contributed by atoms with Gasteiger partial charge in [0.05, 0.1) is 6.10 Å². The fourth-order valence-electron chi connectivity index (χ4n) is 2.88. The van der Waals surface area contributed by atoms with Gasteiger partial charge in [0.25, 0.3) is 10.2 Å². The van der Waals surface area contributed by atoms with Crippen LogP contribution >= 0.6 is 0 Å². The van der Waals surface area contributed by atoms with Crippen LogP contribution in [0.1, 0.15) is 32.1 Å². The van der Waals surface area contributed by atoms with Gasteiger partial charge in [0, 0.05) is 32.8 Å². The predicted molar refractivity (Wildman–Crippen MR) is 71.9 cm³/mol. The van der Waals surface area contributed by atoms with Crippen molar-refractivity contribution in [3.05, 3.63) is 0 Å². The van der Waals surface area contributed by atoms with Crippen molar-refractivity contribution in [2.75, 3.05) is 26.8 Å². The topological polar surface area (TPSA) is 78.9 Å². The van der Waals surface area contributed by atoms with Crippen LogP contribution < -0.4 is 4.72 Å². The molecule has 0 radical (unpaired) electrons. The van der Waals surface area contributed by atoms with Crippen LogP contribution in [0.5, 0.6) is 0 Å². The van der Waals surface area contributed by atoms with E-state index in [1.54, 1.807) is 7.11 Å². The van der Waals surface area contributed by atoms with Gasteiger partial charge < -0.3 is 9.84 Å². The minimum Gasteiger partial charge on any atom is -0.396 e. The zero-order valence-corrected chi connectivity index (χ0v) is 12.2. The first-order valence-corrected chi connectivity index (χ1v) is 8.40. The molecule has 0 amide bonds. The van der Waals surface area contributed by atoms with E-state index in [0.29, 0.717) is 13.1 Å². The third-order valence-corrected chi connectivity index (χ3v) is 5.88. The molecule has 19 heavy (non-hydrogen) atoms. The molecule has 2 N–H and O–H groups in total. The highest BCUT2D eigenvalue weighted by Crippen LogP contribution is 2.24. The maximum atomic E-state index is 12.2. The second-order valence-corrected chi connectivity index (χ2v) is 7.22. The molecule has 0 bridgehead atoms. The van der Waals surface area contributed by atoms with Crippen LogP contribution in [0.25, 0.3) is 0 Å². The van der Waals surface area contributed by atoms with Crippen molar-refractivity contribution < 1.29 is 18.3 Å². The van der Waals surface area contributed by atoms with E-state index in [1.165, 1.54) is 4.31 Å². The Labute approximate surface area is 115 Å². The van der Waals surface area contributed by atoms with Gasteiger partial charge in [-0.1, -0.05) is 0 Å². The Hall–Kier alpha value is -0.210. The predicted octanol–water partition coefficient (Wildman–Crippen LogP) is 0.0926. The van der Waals surface area contributed by atoms with Crippen molar-refractivity contribution in [3.8, 4) is 0 Å². The number of hydrogen-bond acceptors (Lipinski definition) is 4. The Kier molecular flexibility index (Phi) is 5.19. The van der Waals surface area contributed by atoms with Crippen LogP contribution in [0.3, 0.4) is 0 Å². The van der Waals surface area contributed by atoms with Crippen LogP contribution in [0.4, 0.5) is 0 Å². The van der Waals surface area contributed by atoms with Gasteiger partial charge >= 0.3 is 0 Å². The molecule has 1 saturated heterocycles. The second kappa shape index (κ2) is 6.49. The summed E-state index contributed by atoms with van der Waals surface area (Å²) in [5.74, 6) is 0.246. The van der Waals surface area contributed by atoms with Crippen LogP contribution in [0, 0.1) is 5.92 Å². The minimum atomic E-state index is -3.38. The summed E-state index contributed by atoms with van der Waals surface area (Å²) < 4.78 is 34.0. The van der Waals surface area contributed by atoms with Crippen LogP contribution in [-0.4, -0.2) is 56.8 Å². The number of methoxy groups -OCH3 is 1. The molecule has 0 aromatic rings. The number of aliphatic hydroxyl groups is 1. The Morgan fingerprint density at radius 2 is 1.95 bits per heavy atom. The maximum absolute atomic E-state index is 12.2. The van der Waals surface area contributed by atoms with Crippen molar-refractivity contribution in [2.24, 2.45) is 5.92 Å². The monoisotopic (exact) mass is 292 g/mol. The van der Waals surface area contributed by atoms with Crippen LogP contribution in [0.2, 0.25) is 0 Å². The van der Waals surface area contributed by atoms with Gasteiger partial charge in [-0.3, -0.25) is 0 Å². The van der Waals surface area contributed by atoms with Crippen LogP contribution in [-0.2, 0) is 14.9 Å². The van der Waals surface area contributed by atoms with E-state index in [9.17, 15) is 8.42 Å². The quantitative estimate of drug-likeness (QED) is 0.753. The number of hydrogen-bond donors (Lipinski definition) is 2. The molecule has 0 spiro atoms. The number of ether oxygens (including phenoxy) is 1. The molecule has 2 fully saturated rings. The van der Waals surface area contributed by atoms with E-state index < -0.39 is 10.2 Å². The number of nitrogens with one attached hydrogen (secondary N) is 1. The Bertz CT molecular complexity index is 379. The third kappa shape index (κ3) is 3.88. The van der Waals surface area contributed by atoms with Crippen LogP contribution in [0.15, 0.2) is 0 Å². The fourth-order valence-corrected chi connectivity index (χ4v) is 4.35. The normalized spacial score (nSPS) is 30.8. The summed E-state index contributed by atoms with van der Waals surface area (Å²) in [6, 6.07) is -0.00878. The highest BCUT2D eigenvalue weighted by molar-refractivity contribution is 7.87. The Morgan fingerprint density at radius 3 is 2.47 bits per heavy atom. The molecule has 6 nitrogen and oxygen atoms in total. The molecule has 1 aliphatic carbocycles. The summed E-state index contributed by atoms with van der Waals surface area (Å²) in [4.78, 5) is 0. The van der Waals surface area contributed by atoms with Gasteiger partial charge in [0.2, 0.25) is 0 Å². The Balaban J connectivity index is 1.85. The lowest BCUT2D eigenvalue weighted by Crippen LogP contribution is -2.48. The molecule has 1 aliphatic heterocycles. The van der Waals surface area contributed by atoms with Gasteiger partial charge in [-0.25, -0.2) is 0 Å². The lowest BCUT2D eigenvalue weighted by molar-refractivity contribution is 0.107. The highest BCUT2D eigenvalue weighted by atomic mass is 32.2. The standard InChI is InChI=1S/C12H24N2O4S/c1-18-12-3-2-11(8-12)13-19(16,17)14-6-4-10(9-15)5-7-14/h10-13,15H,2-9H2,1H3. The summed E-state index contributed by atoms with van der Waals surface area (Å²) in [6.07, 6.45) is 4.16. The average Bonchev–Trinajstić information content (AvgIpc) is 2.85. The summed E-state index contributed by atoms with van der Waals surface area (Å²) >= 11 is 0. The number of piperidine rings is 1. The largest absolute Gasteiger partial charge is 0.396 e. The summed E-state index contributed by atoms with van der Waals surface area (Å²) in [7, 11) is -1.72. The third-order valence-electron chi connectivity index (χ3n) is 4.21. The Morgan fingerprint density at radius 1 is 1.26 bits per heavy atom. The first-order chi connectivity index (χ1) is 9.05. The molecular formula is C12H24N2O4S. The van der Waals surface area contributed by atoms with Crippen molar-refractivity contribution in [1.29, 1.82) is 0 Å². The van der Waals surface area contributed by atoms with E-state index in [1.807, 2.05) is 0 Å². The van der Waals surface area contributed by atoms with E-state index in [2.05, 4.69) is 4.72 Å². The first-order valence-electron chi connectivity index (χ1n) is 6.96. The zero-order chi connectivity index (χ0) is 13.9. The first kappa shape index (κ1) is 15.2. The van der Waals surface area contributed by atoms with E-state index in [4.69, 9.17) is 9.84 Å². The summed E-state index contributed by atoms with van der Waals surface area (Å²) in [6.45, 7) is 1.15. The molecule has 1 heterocycles. The number of nitrogens with zero attached hydrogens (tertiary/aromatic N) is 1. The molecular weight excluding hydrogens is 268 g/mol. The molecule has 0 aromatic heterocycles. The smallest absolute Gasteiger partial charge is 0.279 e. The molecule has 0 aromatic carbocycles. The minimum absolute atomic E-state index is 0.00878. The molecule has 2 unspecified atom stereocenters. The van der Waals surface area contributed by atoms with E-state index in [0.717, 1.165) is 32.1 Å².